The smallest absolute Gasteiger partial charge is 0.266 e. The quantitative estimate of drug-likeness (QED) is 0.422. The van der Waals surface area contributed by atoms with Crippen molar-refractivity contribution in [3.8, 4) is 0 Å². The molecule has 0 aromatic carbocycles. The van der Waals surface area contributed by atoms with Crippen LogP contribution in [0.25, 0.3) is 0 Å². The fraction of sp³-hybridized carbons (Fsp3) is 0.400. The lowest BCUT2D eigenvalue weighted by atomic mass is 10.6. The summed E-state index contributed by atoms with van der Waals surface area (Å²) >= 11 is 0. The van der Waals surface area contributed by atoms with Crippen molar-refractivity contribution in [2.24, 2.45) is 0 Å². The highest BCUT2D eigenvalue weighted by molar-refractivity contribution is 5.85. The first-order valence-electron chi connectivity index (χ1n) is 2.35. The zero-order chi connectivity index (χ0) is 6.41. The van der Waals surface area contributed by atoms with Gasteiger partial charge in [0.1, 0.15) is 0 Å². The van der Waals surface area contributed by atoms with Gasteiger partial charge in [-0.15, -0.1) is 0 Å². The Bertz CT molecular complexity index is 90.4. The van der Waals surface area contributed by atoms with Crippen molar-refractivity contribution in [2.75, 3.05) is 6.61 Å². The van der Waals surface area contributed by atoms with Crippen LogP contribution in [-0.2, 0) is 9.63 Å². The second-order valence-corrected chi connectivity index (χ2v) is 1.10. The zero-order valence-corrected chi connectivity index (χ0v) is 4.81. The number of hydroxylamine groups is 1. The third-order valence-corrected chi connectivity index (χ3v) is 0.502. The molecule has 1 N–H and O–H groups in total. The van der Waals surface area contributed by atoms with Crippen LogP contribution in [-0.4, -0.2) is 12.5 Å². The van der Waals surface area contributed by atoms with E-state index in [1.54, 1.807) is 6.92 Å². The molecule has 0 aliphatic carbocycles. The molecule has 0 aliphatic heterocycles. The summed E-state index contributed by atoms with van der Waals surface area (Å²) < 4.78 is 0. The van der Waals surface area contributed by atoms with Gasteiger partial charge >= 0.3 is 0 Å². The largest absolute Gasteiger partial charge is 0.274 e. The molecule has 46 valence electrons. The third-order valence-electron chi connectivity index (χ3n) is 0.502. The van der Waals surface area contributed by atoms with Gasteiger partial charge in [0, 0.05) is 0 Å². The average molecular weight is 115 g/mol. The number of carbonyl (C=O) groups is 1. The van der Waals surface area contributed by atoms with E-state index in [4.69, 9.17) is 0 Å². The van der Waals surface area contributed by atoms with Crippen molar-refractivity contribution < 1.29 is 9.63 Å². The van der Waals surface area contributed by atoms with E-state index in [0.717, 1.165) is 6.08 Å². The van der Waals surface area contributed by atoms with Crippen molar-refractivity contribution in [2.45, 2.75) is 6.92 Å². The first-order valence-corrected chi connectivity index (χ1v) is 2.35. The van der Waals surface area contributed by atoms with E-state index in [-0.39, 0.29) is 5.91 Å². The summed E-state index contributed by atoms with van der Waals surface area (Å²) in [5.41, 5.74) is 2.12. The summed E-state index contributed by atoms with van der Waals surface area (Å²) in [7, 11) is 0. The molecule has 0 saturated carbocycles. The van der Waals surface area contributed by atoms with Crippen molar-refractivity contribution in [3.05, 3.63) is 12.7 Å². The van der Waals surface area contributed by atoms with Gasteiger partial charge in [-0.05, 0) is 13.0 Å². The molecule has 0 bridgehead atoms. The van der Waals surface area contributed by atoms with Gasteiger partial charge in [-0.2, -0.15) is 0 Å². The van der Waals surface area contributed by atoms with Crippen molar-refractivity contribution in [1.29, 1.82) is 0 Å². The Morgan fingerprint density at radius 2 is 2.62 bits per heavy atom. The second-order valence-electron chi connectivity index (χ2n) is 1.10. The van der Waals surface area contributed by atoms with Gasteiger partial charge in [0.2, 0.25) is 0 Å². The highest BCUT2D eigenvalue weighted by atomic mass is 16.6. The van der Waals surface area contributed by atoms with Gasteiger partial charge < -0.3 is 0 Å². The number of rotatable bonds is 3. The number of hydrogen-bond acceptors (Lipinski definition) is 2. The molecular formula is C5H9NO2. The van der Waals surface area contributed by atoms with Gasteiger partial charge in [-0.25, -0.2) is 5.48 Å². The zero-order valence-electron chi connectivity index (χ0n) is 4.81. The molecule has 3 heteroatoms. The molecule has 0 rings (SSSR count). The Kier molecular flexibility index (Phi) is 3.88. The van der Waals surface area contributed by atoms with E-state index in [1.807, 2.05) is 0 Å². The van der Waals surface area contributed by atoms with Crippen LogP contribution in [0.5, 0.6) is 0 Å². The third kappa shape index (κ3) is 3.36. The van der Waals surface area contributed by atoms with Gasteiger partial charge in [0.25, 0.3) is 5.91 Å². The summed E-state index contributed by atoms with van der Waals surface area (Å²) in [6, 6.07) is 0. The number of carbonyl (C=O) groups excluding carboxylic acids is 1. The lowest BCUT2D eigenvalue weighted by molar-refractivity contribution is -0.128. The number of amides is 1. The Hall–Kier alpha value is -0.830. The highest BCUT2D eigenvalue weighted by Crippen LogP contribution is 1.66. The van der Waals surface area contributed by atoms with Gasteiger partial charge in [-0.3, -0.25) is 9.63 Å². The van der Waals surface area contributed by atoms with E-state index in [0.29, 0.717) is 6.61 Å². The van der Waals surface area contributed by atoms with Crippen LogP contribution in [0, 0.1) is 0 Å². The predicted octanol–water partition coefficient (Wildman–Crippen LogP) is 0.240. The summed E-state index contributed by atoms with van der Waals surface area (Å²) in [6.07, 6.45) is 1.15. The van der Waals surface area contributed by atoms with Crippen LogP contribution >= 0.6 is 0 Å². The Labute approximate surface area is 48.3 Å². The molecule has 8 heavy (non-hydrogen) atoms. The molecule has 0 aliphatic rings. The van der Waals surface area contributed by atoms with Gasteiger partial charge in [0.05, 0.1) is 6.61 Å². The molecule has 0 atom stereocenters. The summed E-state index contributed by atoms with van der Waals surface area (Å²) in [5.74, 6) is -0.313. The molecule has 0 heterocycles. The fourth-order valence-corrected chi connectivity index (χ4v) is 0.185. The van der Waals surface area contributed by atoms with E-state index >= 15 is 0 Å². The second kappa shape index (κ2) is 4.33. The average Bonchev–Trinajstić information content (AvgIpc) is 1.83. The maximum absolute atomic E-state index is 10.2. The highest BCUT2D eigenvalue weighted by Gasteiger charge is 1.87. The molecule has 0 fully saturated rings. The first-order chi connectivity index (χ1) is 3.81. The Morgan fingerprint density at radius 1 is 2.00 bits per heavy atom. The van der Waals surface area contributed by atoms with Crippen LogP contribution in [0.4, 0.5) is 0 Å². The van der Waals surface area contributed by atoms with Crippen molar-refractivity contribution >= 4 is 5.91 Å². The van der Waals surface area contributed by atoms with E-state index in [2.05, 4.69) is 16.9 Å². The predicted molar refractivity (Wildman–Crippen MR) is 30.0 cm³/mol. The summed E-state index contributed by atoms with van der Waals surface area (Å²) in [5, 5.41) is 0. The van der Waals surface area contributed by atoms with Gasteiger partial charge in [0.15, 0.2) is 0 Å². The molecule has 0 aromatic rings. The maximum Gasteiger partial charge on any atom is 0.266 e. The lowest BCUT2D eigenvalue weighted by Gasteiger charge is -1.96. The standard InChI is InChI=1S/C5H9NO2/c1-3-5(7)6-8-4-2/h3H,1,4H2,2H3,(H,6,7). The monoisotopic (exact) mass is 115 g/mol. The number of hydrogen-bond donors (Lipinski definition) is 1. The van der Waals surface area contributed by atoms with Crippen LogP contribution in [0.2, 0.25) is 0 Å². The topological polar surface area (TPSA) is 38.3 Å². The minimum atomic E-state index is -0.313. The normalized spacial score (nSPS) is 8.12. The van der Waals surface area contributed by atoms with Crippen molar-refractivity contribution in [1.82, 2.24) is 5.48 Å². The molecule has 1 amide bonds. The Morgan fingerprint density at radius 3 is 3.00 bits per heavy atom. The molecule has 0 saturated heterocycles. The molecule has 0 unspecified atom stereocenters. The lowest BCUT2D eigenvalue weighted by Crippen LogP contribution is -2.20. The molecule has 0 radical (unpaired) electrons. The van der Waals surface area contributed by atoms with Crippen LogP contribution in [0.3, 0.4) is 0 Å². The SMILES string of the molecule is C=CC(=O)NOCC. The minimum Gasteiger partial charge on any atom is -0.274 e. The fourth-order valence-electron chi connectivity index (χ4n) is 0.185. The summed E-state index contributed by atoms with van der Waals surface area (Å²) in [6.45, 7) is 5.47. The van der Waals surface area contributed by atoms with E-state index < -0.39 is 0 Å². The van der Waals surface area contributed by atoms with Crippen LogP contribution in [0.1, 0.15) is 6.92 Å². The summed E-state index contributed by atoms with van der Waals surface area (Å²) in [4.78, 5) is 14.7. The molecule has 0 aromatic heterocycles. The van der Waals surface area contributed by atoms with Crippen LogP contribution in [0.15, 0.2) is 12.7 Å². The first kappa shape index (κ1) is 7.17. The minimum absolute atomic E-state index is 0.313. The molecule has 0 spiro atoms. The Balaban J connectivity index is 3.11. The van der Waals surface area contributed by atoms with Crippen molar-refractivity contribution in [3.63, 3.8) is 0 Å². The van der Waals surface area contributed by atoms with Crippen LogP contribution < -0.4 is 5.48 Å². The van der Waals surface area contributed by atoms with E-state index in [1.165, 1.54) is 0 Å². The molecular weight excluding hydrogens is 106 g/mol. The van der Waals surface area contributed by atoms with Gasteiger partial charge in [-0.1, -0.05) is 6.58 Å². The maximum atomic E-state index is 10.2. The van der Waals surface area contributed by atoms with E-state index in [9.17, 15) is 4.79 Å². The number of nitrogens with one attached hydrogen (secondary N) is 1. The molecule has 3 nitrogen and oxygen atoms in total.